The van der Waals surface area contributed by atoms with Gasteiger partial charge in [0, 0.05) is 5.02 Å². The van der Waals surface area contributed by atoms with Gasteiger partial charge in [0.2, 0.25) is 10.0 Å². The van der Waals surface area contributed by atoms with Gasteiger partial charge in [0.15, 0.2) is 0 Å². The largest absolute Gasteiger partial charge is 0.495 e. The van der Waals surface area contributed by atoms with Crippen molar-refractivity contribution >= 4 is 27.6 Å². The Kier molecular flexibility index (Phi) is 7.02. The molecule has 1 atom stereocenters. The summed E-state index contributed by atoms with van der Waals surface area (Å²) in [6.07, 6.45) is 0.155. The van der Waals surface area contributed by atoms with E-state index in [0.717, 1.165) is 5.56 Å². The molecule has 0 saturated carbocycles. The van der Waals surface area contributed by atoms with Gasteiger partial charge in [-0.2, -0.15) is 4.72 Å². The first kappa shape index (κ1) is 20.2. The number of sulfonamides is 1. The van der Waals surface area contributed by atoms with Gasteiger partial charge >= 0.3 is 5.97 Å². The zero-order valence-electron chi connectivity index (χ0n) is 14.4. The molecule has 1 unspecified atom stereocenters. The second-order valence-corrected chi connectivity index (χ2v) is 7.53. The van der Waals surface area contributed by atoms with Gasteiger partial charge in [-0.1, -0.05) is 41.9 Å². The van der Waals surface area contributed by atoms with Crippen molar-refractivity contribution in [3.63, 3.8) is 0 Å². The van der Waals surface area contributed by atoms with Crippen LogP contribution in [0.25, 0.3) is 0 Å². The summed E-state index contributed by atoms with van der Waals surface area (Å²) in [6.45, 7) is 1.80. The maximum absolute atomic E-state index is 12.8. The monoisotopic (exact) mass is 397 g/mol. The van der Waals surface area contributed by atoms with Gasteiger partial charge in [-0.05, 0) is 37.1 Å². The van der Waals surface area contributed by atoms with Crippen LogP contribution in [0.2, 0.25) is 5.02 Å². The molecule has 0 aliphatic carbocycles. The second-order valence-electron chi connectivity index (χ2n) is 5.41. The van der Waals surface area contributed by atoms with Crippen LogP contribution in [0.5, 0.6) is 5.75 Å². The minimum atomic E-state index is -4.07. The normalized spacial score (nSPS) is 12.4. The Hall–Kier alpha value is -2.09. The van der Waals surface area contributed by atoms with E-state index < -0.39 is 22.0 Å². The SMILES string of the molecule is CCOC(=O)C(Cc1ccccc1)NS(=O)(=O)c1cc(Cl)ccc1OC. The Morgan fingerprint density at radius 3 is 2.50 bits per heavy atom. The third-order valence-electron chi connectivity index (χ3n) is 3.57. The lowest BCUT2D eigenvalue weighted by atomic mass is 10.1. The number of benzene rings is 2. The molecule has 0 bridgehead atoms. The molecule has 0 spiro atoms. The Bertz CT molecular complexity index is 855. The number of carbonyl (C=O) groups is 1. The standard InChI is InChI=1S/C18H20ClNO5S/c1-3-25-18(21)15(11-13-7-5-4-6-8-13)20-26(22,23)17-12-14(19)9-10-16(17)24-2/h4-10,12,15,20H,3,11H2,1-2H3. The van der Waals surface area contributed by atoms with Crippen LogP contribution in [0.3, 0.4) is 0 Å². The zero-order chi connectivity index (χ0) is 19.2. The van der Waals surface area contributed by atoms with Gasteiger partial charge in [-0.15, -0.1) is 0 Å². The molecule has 0 fully saturated rings. The van der Waals surface area contributed by atoms with Gasteiger partial charge < -0.3 is 9.47 Å². The fourth-order valence-electron chi connectivity index (χ4n) is 2.38. The average molecular weight is 398 g/mol. The summed E-state index contributed by atoms with van der Waals surface area (Å²) in [5.41, 5.74) is 0.798. The third-order valence-corrected chi connectivity index (χ3v) is 5.29. The number of hydrogen-bond donors (Lipinski definition) is 1. The Balaban J connectivity index is 2.34. The number of rotatable bonds is 8. The summed E-state index contributed by atoms with van der Waals surface area (Å²) in [5.74, 6) is -0.523. The summed E-state index contributed by atoms with van der Waals surface area (Å²) in [5, 5.41) is 0.238. The van der Waals surface area contributed by atoms with Crippen LogP contribution in [0, 0.1) is 0 Å². The van der Waals surface area contributed by atoms with E-state index in [1.54, 1.807) is 19.1 Å². The number of carbonyl (C=O) groups excluding carboxylic acids is 1. The van der Waals surface area contributed by atoms with Crippen molar-refractivity contribution < 1.29 is 22.7 Å². The lowest BCUT2D eigenvalue weighted by Gasteiger charge is -2.18. The van der Waals surface area contributed by atoms with Gasteiger partial charge in [0.05, 0.1) is 13.7 Å². The molecule has 26 heavy (non-hydrogen) atoms. The molecule has 0 saturated heterocycles. The van der Waals surface area contributed by atoms with E-state index >= 15 is 0 Å². The van der Waals surface area contributed by atoms with Crippen molar-refractivity contribution in [3.05, 3.63) is 59.1 Å². The van der Waals surface area contributed by atoms with Crippen molar-refractivity contribution in [1.82, 2.24) is 4.72 Å². The zero-order valence-corrected chi connectivity index (χ0v) is 16.0. The van der Waals surface area contributed by atoms with Crippen LogP contribution >= 0.6 is 11.6 Å². The van der Waals surface area contributed by atoms with Crippen LogP contribution in [-0.4, -0.2) is 34.1 Å². The van der Waals surface area contributed by atoms with Crippen molar-refractivity contribution in [3.8, 4) is 5.75 Å². The number of methoxy groups -OCH3 is 1. The molecule has 0 amide bonds. The smallest absolute Gasteiger partial charge is 0.324 e. The molecule has 0 aliphatic heterocycles. The van der Waals surface area contributed by atoms with Crippen molar-refractivity contribution in [2.24, 2.45) is 0 Å². The topological polar surface area (TPSA) is 81.7 Å². The van der Waals surface area contributed by atoms with Gasteiger partial charge in [-0.25, -0.2) is 8.42 Å². The first-order valence-electron chi connectivity index (χ1n) is 7.93. The predicted molar refractivity (Wildman–Crippen MR) is 98.9 cm³/mol. The molecule has 0 aliphatic rings. The second kappa shape index (κ2) is 9.02. The van der Waals surface area contributed by atoms with Crippen LogP contribution in [-0.2, 0) is 26.0 Å². The van der Waals surface area contributed by atoms with E-state index in [9.17, 15) is 13.2 Å². The molecule has 2 aromatic carbocycles. The molecule has 8 heteroatoms. The molecule has 2 aromatic rings. The molecule has 6 nitrogen and oxygen atoms in total. The third kappa shape index (κ3) is 5.20. The highest BCUT2D eigenvalue weighted by Gasteiger charge is 2.29. The van der Waals surface area contributed by atoms with Crippen LogP contribution in [0.1, 0.15) is 12.5 Å². The van der Waals surface area contributed by atoms with Crippen LogP contribution in [0.4, 0.5) is 0 Å². The first-order valence-corrected chi connectivity index (χ1v) is 9.80. The van der Waals surface area contributed by atoms with E-state index in [-0.39, 0.29) is 28.7 Å². The highest BCUT2D eigenvalue weighted by atomic mass is 35.5. The van der Waals surface area contributed by atoms with E-state index in [4.69, 9.17) is 21.1 Å². The minimum absolute atomic E-state index is 0.129. The molecule has 140 valence electrons. The van der Waals surface area contributed by atoms with Crippen LogP contribution < -0.4 is 9.46 Å². The number of hydrogen-bond acceptors (Lipinski definition) is 5. The van der Waals surface area contributed by atoms with Crippen molar-refractivity contribution in [2.45, 2.75) is 24.3 Å². The summed E-state index contributed by atoms with van der Waals surface area (Å²) in [7, 11) is -2.71. The van der Waals surface area contributed by atoms with Gasteiger partial charge in [-0.3, -0.25) is 4.79 Å². The first-order chi connectivity index (χ1) is 12.4. The van der Waals surface area contributed by atoms with Gasteiger partial charge in [0.1, 0.15) is 16.7 Å². The quantitative estimate of drug-likeness (QED) is 0.692. The number of esters is 1. The highest BCUT2D eigenvalue weighted by Crippen LogP contribution is 2.27. The summed E-state index contributed by atoms with van der Waals surface area (Å²) >= 11 is 5.92. The predicted octanol–water partition coefficient (Wildman–Crippen LogP) is 2.80. The lowest BCUT2D eigenvalue weighted by Crippen LogP contribution is -2.43. The molecule has 0 radical (unpaired) electrons. The van der Waals surface area contributed by atoms with Crippen LogP contribution in [0.15, 0.2) is 53.4 Å². The molecular formula is C18H20ClNO5S. The Labute approximate surface area is 158 Å². The van der Waals surface area contributed by atoms with E-state index in [2.05, 4.69) is 4.72 Å². The molecule has 0 heterocycles. The summed E-state index contributed by atoms with van der Waals surface area (Å²) in [6, 6.07) is 12.2. The van der Waals surface area contributed by atoms with E-state index in [1.165, 1.54) is 25.3 Å². The fourth-order valence-corrected chi connectivity index (χ4v) is 3.99. The van der Waals surface area contributed by atoms with Crippen molar-refractivity contribution in [1.29, 1.82) is 0 Å². The summed E-state index contributed by atoms with van der Waals surface area (Å²) in [4.78, 5) is 12.1. The minimum Gasteiger partial charge on any atom is -0.495 e. The van der Waals surface area contributed by atoms with E-state index in [1.807, 2.05) is 18.2 Å². The number of nitrogens with one attached hydrogen (secondary N) is 1. The van der Waals surface area contributed by atoms with E-state index in [0.29, 0.717) is 0 Å². The Morgan fingerprint density at radius 1 is 1.19 bits per heavy atom. The number of ether oxygens (including phenoxy) is 2. The number of halogens is 1. The molecular weight excluding hydrogens is 378 g/mol. The highest BCUT2D eigenvalue weighted by molar-refractivity contribution is 7.89. The molecule has 1 N–H and O–H groups in total. The van der Waals surface area contributed by atoms with Crippen molar-refractivity contribution in [2.75, 3.05) is 13.7 Å². The lowest BCUT2D eigenvalue weighted by molar-refractivity contribution is -0.145. The fraction of sp³-hybridized carbons (Fsp3) is 0.278. The Morgan fingerprint density at radius 2 is 1.88 bits per heavy atom. The summed E-state index contributed by atoms with van der Waals surface area (Å²) < 4.78 is 38.2. The molecule has 0 aromatic heterocycles. The maximum Gasteiger partial charge on any atom is 0.324 e. The average Bonchev–Trinajstić information content (AvgIpc) is 2.62. The molecule has 2 rings (SSSR count). The van der Waals surface area contributed by atoms with Gasteiger partial charge in [0.25, 0.3) is 0 Å². The maximum atomic E-state index is 12.8.